The van der Waals surface area contributed by atoms with Crippen LogP contribution < -0.4 is 11.1 Å². The van der Waals surface area contributed by atoms with E-state index in [1.807, 2.05) is 11.7 Å². The minimum absolute atomic E-state index is 0.367. The number of nitrogen functional groups attached to an aromatic ring is 1. The zero-order chi connectivity index (χ0) is 12.3. The molecule has 0 unspecified atom stereocenters. The molecule has 0 aliphatic heterocycles. The van der Waals surface area contributed by atoms with E-state index in [9.17, 15) is 0 Å². The van der Waals surface area contributed by atoms with Gasteiger partial charge in [-0.3, -0.25) is 4.68 Å². The molecule has 1 aromatic heterocycles. The maximum absolute atomic E-state index is 6.08. The quantitative estimate of drug-likeness (QED) is 0.808. The fraction of sp³-hybridized carbons (Fsp3) is 0.750. The second-order valence-electron chi connectivity index (χ2n) is 5.04. The highest BCUT2D eigenvalue weighted by Gasteiger charge is 2.15. The fourth-order valence-electron chi connectivity index (χ4n) is 1.68. The Balaban J connectivity index is 2.72. The molecule has 0 spiro atoms. The van der Waals surface area contributed by atoms with Crippen LogP contribution in [0.3, 0.4) is 0 Å². The number of aromatic nitrogens is 2. The predicted octanol–water partition coefficient (Wildman–Crippen LogP) is 2.58. The van der Waals surface area contributed by atoms with Crippen molar-refractivity contribution in [3.63, 3.8) is 0 Å². The number of nitrogens with zero attached hydrogens (tertiary/aromatic N) is 2. The van der Waals surface area contributed by atoms with E-state index in [-0.39, 0.29) is 0 Å². The Labute approximate surface area is 98.2 Å². The highest BCUT2D eigenvalue weighted by atomic mass is 15.3. The lowest BCUT2D eigenvalue weighted by Crippen LogP contribution is -2.09. The molecule has 0 aliphatic rings. The monoisotopic (exact) mass is 224 g/mol. The van der Waals surface area contributed by atoms with Crippen molar-refractivity contribution < 1.29 is 0 Å². The number of hydrogen-bond donors (Lipinski definition) is 2. The molecule has 0 atom stereocenters. The number of anilines is 2. The summed E-state index contributed by atoms with van der Waals surface area (Å²) in [4.78, 5) is 0. The van der Waals surface area contributed by atoms with Crippen molar-refractivity contribution in [2.24, 2.45) is 13.0 Å². The van der Waals surface area contributed by atoms with Crippen LogP contribution in [0.2, 0.25) is 0 Å². The molecule has 1 aromatic rings. The lowest BCUT2D eigenvalue weighted by Gasteiger charge is -2.09. The van der Waals surface area contributed by atoms with Gasteiger partial charge in [-0.15, -0.1) is 0 Å². The van der Waals surface area contributed by atoms with Gasteiger partial charge in [0.1, 0.15) is 5.82 Å². The summed E-state index contributed by atoms with van der Waals surface area (Å²) in [6, 6.07) is 0. The van der Waals surface area contributed by atoms with Crippen molar-refractivity contribution >= 4 is 11.5 Å². The summed E-state index contributed by atoms with van der Waals surface area (Å²) in [7, 11) is 1.93. The summed E-state index contributed by atoms with van der Waals surface area (Å²) < 4.78 is 1.84. The SMILES string of the molecule is CC(C)CCNc1c(N)c(C(C)C)nn1C. The summed E-state index contributed by atoms with van der Waals surface area (Å²) in [6.07, 6.45) is 1.14. The van der Waals surface area contributed by atoms with Crippen molar-refractivity contribution in [1.82, 2.24) is 9.78 Å². The van der Waals surface area contributed by atoms with E-state index in [1.165, 1.54) is 0 Å². The first-order valence-corrected chi connectivity index (χ1v) is 5.99. The van der Waals surface area contributed by atoms with Gasteiger partial charge in [0, 0.05) is 13.6 Å². The van der Waals surface area contributed by atoms with E-state index in [0.717, 1.165) is 30.2 Å². The zero-order valence-electron chi connectivity index (χ0n) is 11.0. The van der Waals surface area contributed by atoms with Gasteiger partial charge in [-0.05, 0) is 18.3 Å². The van der Waals surface area contributed by atoms with Crippen molar-refractivity contribution in [3.05, 3.63) is 5.69 Å². The largest absolute Gasteiger partial charge is 0.394 e. The summed E-state index contributed by atoms with van der Waals surface area (Å²) in [6.45, 7) is 9.59. The maximum atomic E-state index is 6.08. The van der Waals surface area contributed by atoms with E-state index in [0.29, 0.717) is 11.8 Å². The van der Waals surface area contributed by atoms with Crippen LogP contribution in [0.1, 0.15) is 45.7 Å². The number of nitrogens with two attached hydrogens (primary N) is 1. The molecule has 92 valence electrons. The van der Waals surface area contributed by atoms with E-state index >= 15 is 0 Å². The fourth-order valence-corrected chi connectivity index (χ4v) is 1.68. The van der Waals surface area contributed by atoms with Crippen LogP contribution in [0.5, 0.6) is 0 Å². The first-order valence-electron chi connectivity index (χ1n) is 5.99. The molecular formula is C12H24N4. The van der Waals surface area contributed by atoms with Gasteiger partial charge in [0.05, 0.1) is 11.4 Å². The van der Waals surface area contributed by atoms with Crippen molar-refractivity contribution in [2.45, 2.75) is 40.0 Å². The Hall–Kier alpha value is -1.19. The lowest BCUT2D eigenvalue weighted by molar-refractivity contribution is 0.604. The molecule has 3 N–H and O–H groups in total. The Kier molecular flexibility index (Phi) is 4.21. The van der Waals surface area contributed by atoms with E-state index in [2.05, 4.69) is 38.1 Å². The standard InChI is InChI=1S/C12H24N4/c1-8(2)6-7-14-12-10(13)11(9(3)4)15-16(12)5/h8-9,14H,6-7,13H2,1-5H3. The van der Waals surface area contributed by atoms with Crippen LogP contribution in [0.15, 0.2) is 0 Å². The summed E-state index contributed by atoms with van der Waals surface area (Å²) >= 11 is 0. The molecule has 0 fully saturated rings. The van der Waals surface area contributed by atoms with Gasteiger partial charge in [0.2, 0.25) is 0 Å². The maximum Gasteiger partial charge on any atom is 0.147 e. The minimum Gasteiger partial charge on any atom is -0.394 e. The Morgan fingerprint density at radius 1 is 1.31 bits per heavy atom. The van der Waals surface area contributed by atoms with Crippen molar-refractivity contribution in [1.29, 1.82) is 0 Å². The Morgan fingerprint density at radius 2 is 1.94 bits per heavy atom. The lowest BCUT2D eigenvalue weighted by atomic mass is 10.1. The molecule has 0 aromatic carbocycles. The van der Waals surface area contributed by atoms with Gasteiger partial charge in [0.15, 0.2) is 0 Å². The summed E-state index contributed by atoms with van der Waals surface area (Å²) in [5.74, 6) is 2.02. The highest BCUT2D eigenvalue weighted by Crippen LogP contribution is 2.27. The number of aryl methyl sites for hydroxylation is 1. The van der Waals surface area contributed by atoms with Crippen LogP contribution in [-0.2, 0) is 7.05 Å². The Bertz CT molecular complexity index is 339. The molecule has 0 bridgehead atoms. The van der Waals surface area contributed by atoms with Gasteiger partial charge in [-0.25, -0.2) is 0 Å². The van der Waals surface area contributed by atoms with Gasteiger partial charge in [0.25, 0.3) is 0 Å². The van der Waals surface area contributed by atoms with Gasteiger partial charge in [-0.1, -0.05) is 27.7 Å². The van der Waals surface area contributed by atoms with Crippen molar-refractivity contribution in [2.75, 3.05) is 17.6 Å². The molecule has 1 rings (SSSR count). The molecule has 0 saturated carbocycles. The molecule has 1 heterocycles. The summed E-state index contributed by atoms with van der Waals surface area (Å²) in [5, 5.41) is 7.80. The minimum atomic E-state index is 0.367. The number of hydrogen-bond acceptors (Lipinski definition) is 3. The first-order chi connectivity index (χ1) is 7.43. The van der Waals surface area contributed by atoms with Gasteiger partial charge < -0.3 is 11.1 Å². The average molecular weight is 224 g/mol. The summed E-state index contributed by atoms with van der Waals surface area (Å²) in [5.41, 5.74) is 7.85. The molecule has 16 heavy (non-hydrogen) atoms. The molecule has 4 heteroatoms. The average Bonchev–Trinajstić information content (AvgIpc) is 2.44. The van der Waals surface area contributed by atoms with Crippen LogP contribution >= 0.6 is 0 Å². The predicted molar refractivity (Wildman–Crippen MR) is 69.7 cm³/mol. The third kappa shape index (κ3) is 2.90. The van der Waals surface area contributed by atoms with E-state index in [1.54, 1.807) is 0 Å². The van der Waals surface area contributed by atoms with Crippen LogP contribution in [0, 0.1) is 5.92 Å². The van der Waals surface area contributed by atoms with Gasteiger partial charge in [-0.2, -0.15) is 5.10 Å². The second-order valence-corrected chi connectivity index (χ2v) is 5.04. The number of nitrogens with one attached hydrogen (secondary N) is 1. The molecule has 0 amide bonds. The zero-order valence-corrected chi connectivity index (χ0v) is 11.0. The topological polar surface area (TPSA) is 55.9 Å². The third-order valence-electron chi connectivity index (χ3n) is 2.67. The first kappa shape index (κ1) is 12.9. The van der Waals surface area contributed by atoms with E-state index < -0.39 is 0 Å². The smallest absolute Gasteiger partial charge is 0.147 e. The normalized spacial score (nSPS) is 11.4. The van der Waals surface area contributed by atoms with E-state index in [4.69, 9.17) is 5.73 Å². The van der Waals surface area contributed by atoms with Crippen LogP contribution in [0.25, 0.3) is 0 Å². The molecular weight excluding hydrogens is 200 g/mol. The molecule has 0 radical (unpaired) electrons. The third-order valence-corrected chi connectivity index (χ3v) is 2.67. The second kappa shape index (κ2) is 5.23. The highest BCUT2D eigenvalue weighted by molar-refractivity contribution is 5.65. The van der Waals surface area contributed by atoms with Crippen LogP contribution in [0.4, 0.5) is 11.5 Å². The van der Waals surface area contributed by atoms with Gasteiger partial charge >= 0.3 is 0 Å². The molecule has 0 aliphatic carbocycles. The number of rotatable bonds is 5. The molecule has 0 saturated heterocycles. The molecule has 4 nitrogen and oxygen atoms in total. The van der Waals surface area contributed by atoms with Crippen LogP contribution in [-0.4, -0.2) is 16.3 Å². The van der Waals surface area contributed by atoms with Crippen molar-refractivity contribution in [3.8, 4) is 0 Å². The Morgan fingerprint density at radius 3 is 2.38 bits per heavy atom.